The molecule has 12 rings (SSSR count). The van der Waals surface area contributed by atoms with Gasteiger partial charge in [0.15, 0.2) is 0 Å². The number of anilines is 3. The third kappa shape index (κ3) is 4.84. The van der Waals surface area contributed by atoms with E-state index >= 15 is 0 Å². The summed E-state index contributed by atoms with van der Waals surface area (Å²) in [6, 6.07) is 49.4. The fourth-order valence-corrected chi connectivity index (χ4v) is 13.8. The van der Waals surface area contributed by atoms with Crippen LogP contribution in [0.2, 0.25) is 0 Å². The molecule has 4 saturated carbocycles. The lowest BCUT2D eigenvalue weighted by atomic mass is 9.42. The van der Waals surface area contributed by atoms with Crippen LogP contribution in [0.1, 0.15) is 94.9 Å². The average Bonchev–Trinajstić information content (AvgIpc) is 3.18. The van der Waals surface area contributed by atoms with Crippen molar-refractivity contribution in [1.82, 2.24) is 0 Å². The van der Waals surface area contributed by atoms with E-state index in [-0.39, 0.29) is 16.2 Å². The number of rotatable bonds is 4. The molecule has 0 amide bonds. The van der Waals surface area contributed by atoms with Crippen molar-refractivity contribution >= 4 is 39.6 Å². The van der Waals surface area contributed by atoms with Gasteiger partial charge in [0, 0.05) is 32.3 Å². The summed E-state index contributed by atoms with van der Waals surface area (Å²) >= 11 is 2.01. The summed E-state index contributed by atoms with van der Waals surface area (Å²) in [6.07, 6.45) is 9.48. The third-order valence-corrected chi connectivity index (χ3v) is 16.1. The van der Waals surface area contributed by atoms with Crippen LogP contribution >= 0.6 is 11.8 Å². The fourth-order valence-electron chi connectivity index (χ4n) is 12.6. The highest BCUT2D eigenvalue weighted by Gasteiger charge is 2.60. The first-order valence-corrected chi connectivity index (χ1v) is 21.5. The van der Waals surface area contributed by atoms with Gasteiger partial charge in [-0.05, 0) is 172 Å². The Balaban J connectivity index is 1.08. The third-order valence-electron chi connectivity index (χ3n) is 14.9. The number of nitrogens with zero attached hydrogens (tertiary/aromatic N) is 1. The average molecular weight is 722 g/mol. The molecule has 0 aromatic heterocycles. The van der Waals surface area contributed by atoms with Gasteiger partial charge in [-0.3, -0.25) is 0 Å². The molecule has 1 spiro atoms. The molecule has 0 atom stereocenters. The van der Waals surface area contributed by atoms with Gasteiger partial charge in [-0.2, -0.15) is 0 Å². The predicted molar refractivity (Wildman–Crippen MR) is 228 cm³/mol. The Bertz CT molecular complexity index is 2420. The molecule has 6 aromatic carbocycles. The lowest BCUT2D eigenvalue weighted by molar-refractivity contribution is -0.0443. The highest BCUT2D eigenvalue weighted by molar-refractivity contribution is 7.99. The molecule has 0 saturated heterocycles. The number of benzene rings is 6. The van der Waals surface area contributed by atoms with Crippen molar-refractivity contribution < 1.29 is 0 Å². The van der Waals surface area contributed by atoms with Crippen molar-refractivity contribution in [2.24, 2.45) is 23.7 Å². The van der Waals surface area contributed by atoms with Crippen LogP contribution in [0.3, 0.4) is 0 Å². The zero-order valence-electron chi connectivity index (χ0n) is 32.2. The van der Waals surface area contributed by atoms with E-state index in [9.17, 15) is 0 Å². The Morgan fingerprint density at radius 3 is 1.89 bits per heavy atom. The lowest BCUT2D eigenvalue weighted by Gasteiger charge is -2.63. The Kier molecular flexibility index (Phi) is 7.27. The first kappa shape index (κ1) is 33.1. The SMILES string of the molecule is CC1(C)CCC(C)(C)c2c(-c3ccc(N(c4ccc5c(c4)C4(c6ccccc6S5)C5CC6CC(C5)CC4C6)c4ccc5ccccc5c4)cc3)cccc21. The van der Waals surface area contributed by atoms with Crippen molar-refractivity contribution in [2.45, 2.75) is 98.7 Å². The van der Waals surface area contributed by atoms with Crippen LogP contribution in [-0.2, 0) is 16.2 Å². The van der Waals surface area contributed by atoms with Gasteiger partial charge in [0.05, 0.1) is 0 Å². The zero-order chi connectivity index (χ0) is 36.4. The second kappa shape index (κ2) is 11.9. The molecular formula is C52H51NS. The van der Waals surface area contributed by atoms with Crippen LogP contribution in [-0.4, -0.2) is 0 Å². The molecule has 2 heteroatoms. The molecular weight excluding hydrogens is 671 g/mol. The predicted octanol–water partition coefficient (Wildman–Crippen LogP) is 14.5. The van der Waals surface area contributed by atoms with Crippen LogP contribution in [0.25, 0.3) is 21.9 Å². The van der Waals surface area contributed by atoms with E-state index in [0.29, 0.717) is 0 Å². The molecule has 4 fully saturated rings. The van der Waals surface area contributed by atoms with Gasteiger partial charge in [0.1, 0.15) is 0 Å². The van der Waals surface area contributed by atoms with Crippen molar-refractivity contribution in [3.63, 3.8) is 0 Å². The minimum absolute atomic E-state index is 0.104. The molecule has 0 unspecified atom stereocenters. The highest BCUT2D eigenvalue weighted by atomic mass is 32.2. The number of hydrogen-bond donors (Lipinski definition) is 0. The van der Waals surface area contributed by atoms with Gasteiger partial charge in [-0.25, -0.2) is 0 Å². The van der Waals surface area contributed by atoms with Crippen molar-refractivity contribution in [3.05, 3.63) is 150 Å². The van der Waals surface area contributed by atoms with Crippen LogP contribution in [0.4, 0.5) is 17.1 Å². The maximum Gasteiger partial charge on any atom is 0.0468 e. The van der Waals surface area contributed by atoms with E-state index < -0.39 is 0 Å². The smallest absolute Gasteiger partial charge is 0.0468 e. The van der Waals surface area contributed by atoms with Gasteiger partial charge in [-0.1, -0.05) is 118 Å². The second-order valence-corrected chi connectivity index (χ2v) is 19.9. The summed E-state index contributed by atoms with van der Waals surface area (Å²) in [5.41, 5.74) is 13.1. The molecule has 0 radical (unpaired) electrons. The van der Waals surface area contributed by atoms with Gasteiger partial charge < -0.3 is 4.90 Å². The summed E-state index contributed by atoms with van der Waals surface area (Å²) in [5.74, 6) is 3.30. The molecule has 1 heterocycles. The normalized spacial score (nSPS) is 26.7. The summed E-state index contributed by atoms with van der Waals surface area (Å²) in [6.45, 7) is 9.75. The van der Waals surface area contributed by atoms with E-state index in [2.05, 4.69) is 160 Å². The van der Waals surface area contributed by atoms with E-state index in [1.165, 1.54) is 105 Å². The molecule has 4 bridgehead atoms. The van der Waals surface area contributed by atoms with Gasteiger partial charge in [-0.15, -0.1) is 0 Å². The quantitative estimate of drug-likeness (QED) is 0.178. The monoisotopic (exact) mass is 721 g/mol. The van der Waals surface area contributed by atoms with Crippen LogP contribution in [0.15, 0.2) is 137 Å². The molecule has 270 valence electrons. The molecule has 0 N–H and O–H groups in total. The Morgan fingerprint density at radius 2 is 1.11 bits per heavy atom. The summed E-state index contributed by atoms with van der Waals surface area (Å²) in [7, 11) is 0. The molecule has 6 aromatic rings. The maximum absolute atomic E-state index is 2.64. The fraction of sp³-hybridized carbons (Fsp3) is 0.346. The van der Waals surface area contributed by atoms with E-state index in [1.807, 2.05) is 11.8 Å². The zero-order valence-corrected chi connectivity index (χ0v) is 33.1. The second-order valence-electron chi connectivity index (χ2n) is 18.9. The topological polar surface area (TPSA) is 3.24 Å². The summed E-state index contributed by atoms with van der Waals surface area (Å²) in [5, 5.41) is 2.55. The van der Waals surface area contributed by atoms with Gasteiger partial charge in [0.2, 0.25) is 0 Å². The summed E-state index contributed by atoms with van der Waals surface area (Å²) < 4.78 is 0. The van der Waals surface area contributed by atoms with Crippen LogP contribution < -0.4 is 4.90 Å². The molecule has 1 aliphatic heterocycles. The highest BCUT2D eigenvalue weighted by Crippen LogP contribution is 2.69. The molecule has 6 aliphatic rings. The standard InChI is InChI=1S/C52H51NS/c1-50(2)24-25-51(3,4)49-43(12-9-14-45(49)50)36-17-19-40(20-18-36)53(41-21-16-35-10-5-6-11-37(35)31-41)42-22-23-48-46(32-42)52(44-13-7-8-15-47(44)54-48)38-27-33-26-34(29-38)30-39(52)28-33/h5-23,31-34,38-39H,24-30H2,1-4H3. The Hall–Kier alpha value is -4.27. The van der Waals surface area contributed by atoms with Crippen LogP contribution in [0.5, 0.6) is 0 Å². The Morgan fingerprint density at radius 1 is 0.500 bits per heavy atom. The first-order chi connectivity index (χ1) is 26.2. The van der Waals surface area contributed by atoms with E-state index in [4.69, 9.17) is 0 Å². The van der Waals surface area contributed by atoms with Crippen molar-refractivity contribution in [2.75, 3.05) is 4.90 Å². The minimum atomic E-state index is 0.104. The summed E-state index contributed by atoms with van der Waals surface area (Å²) in [4.78, 5) is 5.50. The van der Waals surface area contributed by atoms with Crippen LogP contribution in [0, 0.1) is 23.7 Å². The van der Waals surface area contributed by atoms with Gasteiger partial charge in [0.25, 0.3) is 0 Å². The van der Waals surface area contributed by atoms with E-state index in [0.717, 1.165) is 23.7 Å². The van der Waals surface area contributed by atoms with E-state index in [1.54, 1.807) is 11.1 Å². The Labute approximate surface area is 326 Å². The van der Waals surface area contributed by atoms with Crippen molar-refractivity contribution in [1.29, 1.82) is 0 Å². The maximum atomic E-state index is 2.64. The number of hydrogen-bond acceptors (Lipinski definition) is 2. The molecule has 54 heavy (non-hydrogen) atoms. The molecule has 5 aliphatic carbocycles. The van der Waals surface area contributed by atoms with Crippen molar-refractivity contribution in [3.8, 4) is 11.1 Å². The number of fused-ring (bicyclic) bond motifs is 4. The first-order valence-electron chi connectivity index (χ1n) is 20.6. The lowest BCUT2D eigenvalue weighted by Crippen LogP contribution is -2.57. The minimum Gasteiger partial charge on any atom is -0.310 e. The van der Waals surface area contributed by atoms with Gasteiger partial charge >= 0.3 is 0 Å². The molecule has 1 nitrogen and oxygen atoms in total. The largest absolute Gasteiger partial charge is 0.310 e.